The van der Waals surface area contributed by atoms with Crippen molar-refractivity contribution in [2.24, 2.45) is 0 Å². The molecule has 4 nitrogen and oxygen atoms in total. The van der Waals surface area contributed by atoms with Crippen LogP contribution in [0.2, 0.25) is 0 Å². The van der Waals surface area contributed by atoms with E-state index in [2.05, 4.69) is 30.6 Å². The summed E-state index contributed by atoms with van der Waals surface area (Å²) < 4.78 is 5.35. The summed E-state index contributed by atoms with van der Waals surface area (Å²) in [7, 11) is 1.36. The standard InChI is InChI=1S/C11H13BrN2O2/c1-16-11(15)10-8(12)4-5-9(13-10)14-6-2-3-7-14/h4-5H,2-3,6-7H2,1H3. The molecule has 16 heavy (non-hydrogen) atoms. The van der Waals surface area contributed by atoms with Gasteiger partial charge in [-0.15, -0.1) is 0 Å². The first-order valence-electron chi connectivity index (χ1n) is 5.22. The predicted octanol–water partition coefficient (Wildman–Crippen LogP) is 2.23. The number of hydrogen-bond donors (Lipinski definition) is 0. The molecule has 0 saturated carbocycles. The number of methoxy groups -OCH3 is 1. The molecule has 2 rings (SSSR count). The van der Waals surface area contributed by atoms with Gasteiger partial charge in [-0.1, -0.05) is 0 Å². The Balaban J connectivity index is 2.30. The number of halogens is 1. The molecule has 0 spiro atoms. The van der Waals surface area contributed by atoms with Crippen molar-refractivity contribution in [1.29, 1.82) is 0 Å². The molecule has 0 atom stereocenters. The summed E-state index contributed by atoms with van der Waals surface area (Å²) in [5.74, 6) is 0.439. The minimum Gasteiger partial charge on any atom is -0.464 e. The second-order valence-electron chi connectivity index (χ2n) is 3.69. The van der Waals surface area contributed by atoms with Gasteiger partial charge < -0.3 is 9.64 Å². The number of anilines is 1. The lowest BCUT2D eigenvalue weighted by atomic mass is 10.3. The first-order valence-corrected chi connectivity index (χ1v) is 6.01. The van der Waals surface area contributed by atoms with Crippen LogP contribution in [-0.4, -0.2) is 31.2 Å². The van der Waals surface area contributed by atoms with Gasteiger partial charge in [0.05, 0.1) is 11.6 Å². The zero-order chi connectivity index (χ0) is 11.5. The molecule has 0 N–H and O–H groups in total. The van der Waals surface area contributed by atoms with E-state index in [1.807, 2.05) is 12.1 Å². The number of rotatable bonds is 2. The monoisotopic (exact) mass is 284 g/mol. The van der Waals surface area contributed by atoms with Crippen LogP contribution in [-0.2, 0) is 4.74 Å². The summed E-state index contributed by atoms with van der Waals surface area (Å²) in [5.41, 5.74) is 0.340. The molecule has 1 saturated heterocycles. The Morgan fingerprint density at radius 3 is 2.75 bits per heavy atom. The van der Waals surface area contributed by atoms with Gasteiger partial charge in [0, 0.05) is 13.1 Å². The van der Waals surface area contributed by atoms with Crippen molar-refractivity contribution in [3.8, 4) is 0 Å². The SMILES string of the molecule is COC(=O)c1nc(N2CCCC2)ccc1Br. The minimum absolute atomic E-state index is 0.340. The van der Waals surface area contributed by atoms with E-state index in [1.54, 1.807) is 0 Å². The van der Waals surface area contributed by atoms with Gasteiger partial charge >= 0.3 is 5.97 Å². The summed E-state index contributed by atoms with van der Waals surface area (Å²) in [4.78, 5) is 18.0. The number of aromatic nitrogens is 1. The number of ether oxygens (including phenoxy) is 1. The van der Waals surface area contributed by atoms with Gasteiger partial charge in [0.1, 0.15) is 5.82 Å². The zero-order valence-electron chi connectivity index (χ0n) is 9.07. The maximum atomic E-state index is 11.5. The molecule has 0 bridgehead atoms. The first kappa shape index (κ1) is 11.4. The molecule has 1 fully saturated rings. The van der Waals surface area contributed by atoms with Crippen molar-refractivity contribution in [2.45, 2.75) is 12.8 Å². The van der Waals surface area contributed by atoms with Gasteiger partial charge in [-0.25, -0.2) is 9.78 Å². The Kier molecular flexibility index (Phi) is 3.43. The highest BCUT2D eigenvalue weighted by molar-refractivity contribution is 9.10. The fourth-order valence-corrected chi connectivity index (χ4v) is 2.18. The third-order valence-electron chi connectivity index (χ3n) is 2.64. The number of carbonyl (C=O) groups excluding carboxylic acids is 1. The second-order valence-corrected chi connectivity index (χ2v) is 4.54. The third-order valence-corrected chi connectivity index (χ3v) is 3.28. The summed E-state index contributed by atoms with van der Waals surface area (Å²) in [6, 6.07) is 3.76. The van der Waals surface area contributed by atoms with Crippen LogP contribution < -0.4 is 4.90 Å². The van der Waals surface area contributed by atoms with E-state index in [-0.39, 0.29) is 0 Å². The van der Waals surface area contributed by atoms with Gasteiger partial charge in [-0.05, 0) is 40.9 Å². The Morgan fingerprint density at radius 1 is 1.44 bits per heavy atom. The largest absolute Gasteiger partial charge is 0.464 e. The van der Waals surface area contributed by atoms with Crippen LogP contribution in [0.15, 0.2) is 16.6 Å². The van der Waals surface area contributed by atoms with E-state index in [9.17, 15) is 4.79 Å². The Hall–Kier alpha value is -1.10. The zero-order valence-corrected chi connectivity index (χ0v) is 10.7. The molecule has 0 radical (unpaired) electrons. The van der Waals surface area contributed by atoms with E-state index >= 15 is 0 Å². The van der Waals surface area contributed by atoms with Crippen LogP contribution in [0.5, 0.6) is 0 Å². The van der Waals surface area contributed by atoms with Crippen molar-refractivity contribution >= 4 is 27.7 Å². The van der Waals surface area contributed by atoms with Crippen molar-refractivity contribution in [1.82, 2.24) is 4.98 Å². The quantitative estimate of drug-likeness (QED) is 0.781. The lowest BCUT2D eigenvalue weighted by molar-refractivity contribution is 0.0593. The molecule has 0 aliphatic carbocycles. The minimum atomic E-state index is -0.409. The molecular weight excluding hydrogens is 272 g/mol. The van der Waals surface area contributed by atoms with E-state index in [0.29, 0.717) is 10.2 Å². The number of hydrogen-bond acceptors (Lipinski definition) is 4. The van der Waals surface area contributed by atoms with E-state index in [4.69, 9.17) is 0 Å². The highest BCUT2D eigenvalue weighted by Gasteiger charge is 2.18. The van der Waals surface area contributed by atoms with Crippen LogP contribution in [0, 0.1) is 0 Å². The number of nitrogens with zero attached hydrogens (tertiary/aromatic N) is 2. The van der Waals surface area contributed by atoms with Crippen LogP contribution >= 0.6 is 15.9 Å². The van der Waals surface area contributed by atoms with Crippen LogP contribution in [0.25, 0.3) is 0 Å². The summed E-state index contributed by atoms with van der Waals surface area (Å²) in [6.07, 6.45) is 2.37. The van der Waals surface area contributed by atoms with Gasteiger partial charge in [0.15, 0.2) is 5.69 Å². The predicted molar refractivity (Wildman–Crippen MR) is 64.7 cm³/mol. The lowest BCUT2D eigenvalue weighted by Crippen LogP contribution is -2.20. The fourth-order valence-electron chi connectivity index (χ4n) is 1.79. The molecule has 86 valence electrons. The van der Waals surface area contributed by atoms with Crippen molar-refractivity contribution in [2.75, 3.05) is 25.1 Å². The highest BCUT2D eigenvalue weighted by Crippen LogP contribution is 2.23. The Morgan fingerprint density at radius 2 is 2.12 bits per heavy atom. The Labute approximate surface area is 103 Å². The molecule has 1 aliphatic heterocycles. The van der Waals surface area contributed by atoms with Gasteiger partial charge in [0.25, 0.3) is 0 Å². The molecule has 0 unspecified atom stereocenters. The van der Waals surface area contributed by atoms with E-state index < -0.39 is 5.97 Å². The van der Waals surface area contributed by atoms with Crippen molar-refractivity contribution in [3.05, 3.63) is 22.3 Å². The molecule has 1 aliphatic rings. The van der Waals surface area contributed by atoms with Crippen molar-refractivity contribution < 1.29 is 9.53 Å². The number of carbonyl (C=O) groups is 1. The van der Waals surface area contributed by atoms with Gasteiger partial charge in [-0.3, -0.25) is 0 Å². The van der Waals surface area contributed by atoms with E-state index in [0.717, 1.165) is 18.9 Å². The lowest BCUT2D eigenvalue weighted by Gasteiger charge is -2.17. The molecule has 0 aromatic carbocycles. The molecule has 5 heteroatoms. The highest BCUT2D eigenvalue weighted by atomic mass is 79.9. The van der Waals surface area contributed by atoms with Crippen molar-refractivity contribution in [3.63, 3.8) is 0 Å². The molecule has 2 heterocycles. The average molecular weight is 285 g/mol. The molecule has 0 amide bonds. The van der Waals surface area contributed by atoms with Crippen LogP contribution in [0.3, 0.4) is 0 Å². The fraction of sp³-hybridized carbons (Fsp3) is 0.455. The van der Waals surface area contributed by atoms with Crippen LogP contribution in [0.4, 0.5) is 5.82 Å². The normalized spacial score (nSPS) is 15.2. The molecular formula is C11H13BrN2O2. The number of esters is 1. The summed E-state index contributed by atoms with van der Waals surface area (Å²) in [5, 5.41) is 0. The van der Waals surface area contributed by atoms with Gasteiger partial charge in [-0.2, -0.15) is 0 Å². The number of pyridine rings is 1. The third kappa shape index (κ3) is 2.19. The van der Waals surface area contributed by atoms with E-state index in [1.165, 1.54) is 20.0 Å². The maximum absolute atomic E-state index is 11.5. The summed E-state index contributed by atoms with van der Waals surface area (Å²) >= 11 is 3.30. The topological polar surface area (TPSA) is 42.4 Å². The molecule has 1 aromatic heterocycles. The second kappa shape index (κ2) is 4.82. The smallest absolute Gasteiger partial charge is 0.357 e. The Bertz CT molecular complexity index is 403. The van der Waals surface area contributed by atoms with Gasteiger partial charge in [0.2, 0.25) is 0 Å². The first-order chi connectivity index (χ1) is 7.72. The average Bonchev–Trinajstić information content (AvgIpc) is 2.82. The summed E-state index contributed by atoms with van der Waals surface area (Å²) in [6.45, 7) is 2.02. The molecule has 1 aromatic rings. The van der Waals surface area contributed by atoms with Crippen LogP contribution in [0.1, 0.15) is 23.3 Å². The maximum Gasteiger partial charge on any atom is 0.357 e.